The molecule has 2 aromatic heterocycles. The molecule has 3 heterocycles. The van der Waals surface area contributed by atoms with Gasteiger partial charge < -0.3 is 5.32 Å². The molecule has 0 saturated heterocycles. The average molecular weight is 413 g/mol. The lowest BCUT2D eigenvalue weighted by Gasteiger charge is -2.24. The van der Waals surface area contributed by atoms with E-state index in [2.05, 4.69) is 15.3 Å². The summed E-state index contributed by atoms with van der Waals surface area (Å²) in [4.78, 5) is 21.8. The van der Waals surface area contributed by atoms with Gasteiger partial charge in [0.1, 0.15) is 11.6 Å². The van der Waals surface area contributed by atoms with E-state index in [1.165, 1.54) is 12.1 Å². The molecule has 0 bridgehead atoms. The molecule has 154 valence electrons. The normalized spacial score (nSPS) is 15.5. The van der Waals surface area contributed by atoms with Gasteiger partial charge in [0.2, 0.25) is 5.91 Å². The zero-order valence-electron chi connectivity index (χ0n) is 17.1. The second-order valence-electron chi connectivity index (χ2n) is 7.70. The summed E-state index contributed by atoms with van der Waals surface area (Å²) in [6.45, 7) is 3.79. The van der Waals surface area contributed by atoms with Crippen LogP contribution in [0.5, 0.6) is 0 Å². The summed E-state index contributed by atoms with van der Waals surface area (Å²) in [6.07, 6.45) is 0.248. The van der Waals surface area contributed by atoms with Crippen LogP contribution in [-0.4, -0.2) is 25.7 Å². The molecule has 1 atom stereocenters. The van der Waals surface area contributed by atoms with Gasteiger partial charge in [0.15, 0.2) is 0 Å². The van der Waals surface area contributed by atoms with Crippen molar-refractivity contribution in [2.24, 2.45) is 0 Å². The van der Waals surface area contributed by atoms with Crippen LogP contribution in [0, 0.1) is 19.7 Å². The Labute approximate surface area is 178 Å². The highest BCUT2D eigenvalue weighted by Crippen LogP contribution is 2.43. The van der Waals surface area contributed by atoms with E-state index in [4.69, 9.17) is 5.10 Å². The fourth-order valence-electron chi connectivity index (χ4n) is 4.09. The Morgan fingerprint density at radius 3 is 2.35 bits per heavy atom. The second-order valence-corrected chi connectivity index (χ2v) is 7.70. The zero-order valence-corrected chi connectivity index (χ0v) is 17.1. The number of rotatable bonds is 3. The SMILES string of the molecule is Cc1cc(C)nc(-n2nc(-c3ccccc3)c3c2NC(=O)CC3c2ccc(F)cc2)n1. The summed E-state index contributed by atoms with van der Waals surface area (Å²) in [6, 6.07) is 18.0. The topological polar surface area (TPSA) is 72.7 Å². The van der Waals surface area contributed by atoms with Crippen molar-refractivity contribution in [2.75, 3.05) is 5.32 Å². The Balaban J connectivity index is 1.78. The number of amides is 1. The molecule has 4 aromatic rings. The molecular formula is C24H20FN5O. The molecule has 0 radical (unpaired) electrons. The first-order chi connectivity index (χ1) is 15.0. The van der Waals surface area contributed by atoms with Gasteiger partial charge in [-0.3, -0.25) is 4.79 Å². The van der Waals surface area contributed by atoms with E-state index < -0.39 is 0 Å². The van der Waals surface area contributed by atoms with Crippen molar-refractivity contribution in [3.05, 3.63) is 89.0 Å². The Morgan fingerprint density at radius 2 is 1.68 bits per heavy atom. The summed E-state index contributed by atoms with van der Waals surface area (Å²) < 4.78 is 15.2. The fraction of sp³-hybridized carbons (Fsp3) is 0.167. The molecule has 6 nitrogen and oxygen atoms in total. The van der Waals surface area contributed by atoms with E-state index >= 15 is 0 Å². The maximum atomic E-state index is 13.6. The number of halogens is 1. The number of hydrogen-bond acceptors (Lipinski definition) is 4. The number of nitrogens with zero attached hydrogens (tertiary/aromatic N) is 4. The minimum atomic E-state index is -0.313. The molecular weight excluding hydrogens is 393 g/mol. The number of benzene rings is 2. The van der Waals surface area contributed by atoms with Gasteiger partial charge in [-0.1, -0.05) is 42.5 Å². The van der Waals surface area contributed by atoms with Crippen LogP contribution >= 0.6 is 0 Å². The molecule has 0 fully saturated rings. The lowest BCUT2D eigenvalue weighted by Crippen LogP contribution is -2.25. The Kier molecular flexibility index (Phi) is 4.58. The van der Waals surface area contributed by atoms with Crippen LogP contribution in [0.3, 0.4) is 0 Å². The Morgan fingerprint density at radius 1 is 1.00 bits per heavy atom. The minimum Gasteiger partial charge on any atom is -0.310 e. The Bertz CT molecular complexity index is 1260. The molecule has 2 aromatic carbocycles. The van der Waals surface area contributed by atoms with Crippen LogP contribution in [0.4, 0.5) is 10.2 Å². The van der Waals surface area contributed by atoms with Crippen LogP contribution in [-0.2, 0) is 4.79 Å². The first kappa shape index (κ1) is 19.1. The van der Waals surface area contributed by atoms with Crippen LogP contribution in [0.25, 0.3) is 17.2 Å². The van der Waals surface area contributed by atoms with Crippen LogP contribution < -0.4 is 5.32 Å². The summed E-state index contributed by atoms with van der Waals surface area (Å²) in [7, 11) is 0. The molecule has 1 unspecified atom stereocenters. The van der Waals surface area contributed by atoms with Gasteiger partial charge in [0.25, 0.3) is 5.95 Å². The molecule has 0 spiro atoms. The van der Waals surface area contributed by atoms with E-state index in [-0.39, 0.29) is 24.1 Å². The standard InChI is InChI=1S/C24H20FN5O/c1-14-12-15(2)27-24(26-14)30-23-21(22(29-30)17-6-4-3-5-7-17)19(13-20(31)28-23)16-8-10-18(25)11-9-16/h3-12,19H,13H2,1-2H3,(H,28,31). The second kappa shape index (κ2) is 7.43. The van der Waals surface area contributed by atoms with Gasteiger partial charge in [-0.25, -0.2) is 14.4 Å². The third kappa shape index (κ3) is 3.48. The van der Waals surface area contributed by atoms with Gasteiger partial charge in [-0.2, -0.15) is 9.78 Å². The first-order valence-corrected chi connectivity index (χ1v) is 10.1. The van der Waals surface area contributed by atoms with Crippen LogP contribution in [0.2, 0.25) is 0 Å². The van der Waals surface area contributed by atoms with Crippen molar-refractivity contribution in [2.45, 2.75) is 26.2 Å². The number of nitrogens with one attached hydrogen (secondary N) is 1. The largest absolute Gasteiger partial charge is 0.310 e. The summed E-state index contributed by atoms with van der Waals surface area (Å²) >= 11 is 0. The number of anilines is 1. The predicted molar refractivity (Wildman–Crippen MR) is 116 cm³/mol. The van der Waals surface area contributed by atoms with Crippen molar-refractivity contribution >= 4 is 11.7 Å². The maximum Gasteiger partial charge on any atom is 0.252 e. The van der Waals surface area contributed by atoms with Crippen molar-refractivity contribution in [3.63, 3.8) is 0 Å². The number of aryl methyl sites for hydroxylation is 2. The van der Waals surface area contributed by atoms with Gasteiger partial charge in [-0.15, -0.1) is 0 Å². The molecule has 1 amide bonds. The quantitative estimate of drug-likeness (QED) is 0.534. The molecule has 7 heteroatoms. The van der Waals surface area contributed by atoms with Gasteiger partial charge in [0.05, 0.1) is 5.69 Å². The van der Waals surface area contributed by atoms with E-state index in [9.17, 15) is 9.18 Å². The maximum absolute atomic E-state index is 13.6. The third-order valence-corrected chi connectivity index (χ3v) is 5.40. The molecule has 1 aliphatic rings. The third-order valence-electron chi connectivity index (χ3n) is 5.40. The number of carbonyl (C=O) groups excluding carboxylic acids is 1. The fourth-order valence-corrected chi connectivity index (χ4v) is 4.09. The number of hydrogen-bond donors (Lipinski definition) is 1. The zero-order chi connectivity index (χ0) is 21.5. The highest BCUT2D eigenvalue weighted by molar-refractivity contribution is 5.96. The lowest BCUT2D eigenvalue weighted by molar-refractivity contribution is -0.116. The smallest absolute Gasteiger partial charge is 0.252 e. The molecule has 0 aliphatic carbocycles. The number of carbonyl (C=O) groups is 1. The van der Waals surface area contributed by atoms with Gasteiger partial charge in [-0.05, 0) is 37.6 Å². The van der Waals surface area contributed by atoms with E-state index in [0.29, 0.717) is 11.8 Å². The van der Waals surface area contributed by atoms with Crippen LogP contribution in [0.15, 0.2) is 60.7 Å². The molecule has 1 aliphatic heterocycles. The van der Waals surface area contributed by atoms with Crippen molar-refractivity contribution in [1.29, 1.82) is 0 Å². The van der Waals surface area contributed by atoms with Gasteiger partial charge in [0, 0.05) is 34.9 Å². The predicted octanol–water partition coefficient (Wildman–Crippen LogP) is 4.56. The molecule has 31 heavy (non-hydrogen) atoms. The van der Waals surface area contributed by atoms with Crippen molar-refractivity contribution in [3.8, 4) is 17.2 Å². The Hall–Kier alpha value is -3.87. The summed E-state index contributed by atoms with van der Waals surface area (Å²) in [5.74, 6) is 0.239. The highest BCUT2D eigenvalue weighted by Gasteiger charge is 2.35. The van der Waals surface area contributed by atoms with Gasteiger partial charge >= 0.3 is 0 Å². The molecule has 1 N–H and O–H groups in total. The van der Waals surface area contributed by atoms with E-state index in [1.807, 2.05) is 50.2 Å². The minimum absolute atomic E-state index is 0.132. The van der Waals surface area contributed by atoms with Crippen molar-refractivity contribution in [1.82, 2.24) is 19.7 Å². The summed E-state index contributed by atoms with van der Waals surface area (Å²) in [5, 5.41) is 7.82. The number of aromatic nitrogens is 4. The summed E-state index contributed by atoms with van der Waals surface area (Å²) in [5.41, 5.74) is 5.02. The highest BCUT2D eigenvalue weighted by atomic mass is 19.1. The monoisotopic (exact) mass is 413 g/mol. The van der Waals surface area contributed by atoms with E-state index in [0.717, 1.165) is 33.8 Å². The molecule has 5 rings (SSSR count). The number of fused-ring (bicyclic) bond motifs is 1. The van der Waals surface area contributed by atoms with Crippen LogP contribution in [0.1, 0.15) is 34.9 Å². The molecule has 0 saturated carbocycles. The van der Waals surface area contributed by atoms with Crippen molar-refractivity contribution < 1.29 is 9.18 Å². The average Bonchev–Trinajstić information content (AvgIpc) is 3.13. The van der Waals surface area contributed by atoms with E-state index in [1.54, 1.807) is 16.8 Å². The first-order valence-electron chi connectivity index (χ1n) is 10.1. The lowest BCUT2D eigenvalue weighted by atomic mass is 9.84.